The lowest BCUT2D eigenvalue weighted by Crippen LogP contribution is -2.50. The van der Waals surface area contributed by atoms with Crippen LogP contribution >= 0.6 is 15.9 Å². The predicted molar refractivity (Wildman–Crippen MR) is 153 cm³/mol. The molecule has 3 aromatic rings. The normalized spacial score (nSPS) is 11.8. The zero-order chi connectivity index (χ0) is 28.7. The van der Waals surface area contributed by atoms with Crippen LogP contribution in [-0.4, -0.2) is 59.0 Å². The molecule has 0 aliphatic rings. The molecule has 1 unspecified atom stereocenters. The quantitative estimate of drug-likeness (QED) is 0.347. The van der Waals surface area contributed by atoms with Gasteiger partial charge in [0.2, 0.25) is 11.8 Å². The maximum atomic E-state index is 14.0. The van der Waals surface area contributed by atoms with Crippen molar-refractivity contribution >= 4 is 43.5 Å². The van der Waals surface area contributed by atoms with Crippen molar-refractivity contribution in [1.82, 2.24) is 10.2 Å². The number of likely N-dealkylation sites (N-methyl/N-ethyl adjacent to an activating group) is 1. The molecule has 0 aliphatic heterocycles. The minimum atomic E-state index is -4.24. The fourth-order valence-corrected chi connectivity index (χ4v) is 5.84. The van der Waals surface area contributed by atoms with E-state index in [1.54, 1.807) is 31.2 Å². The number of hydrogen-bond donors (Lipinski definition) is 1. The van der Waals surface area contributed by atoms with Gasteiger partial charge >= 0.3 is 0 Å². The summed E-state index contributed by atoms with van der Waals surface area (Å²) in [7, 11) is 0.112. The van der Waals surface area contributed by atoms with Crippen LogP contribution in [0.1, 0.15) is 18.1 Å². The molecule has 0 spiro atoms. The number of halogens is 1. The zero-order valence-electron chi connectivity index (χ0n) is 22.5. The number of hydrogen-bond acceptors (Lipinski definition) is 6. The number of ether oxygens (including phenoxy) is 2. The summed E-state index contributed by atoms with van der Waals surface area (Å²) in [5.41, 5.74) is 2.01. The Labute approximate surface area is 237 Å². The third-order valence-electron chi connectivity index (χ3n) is 6.20. The van der Waals surface area contributed by atoms with Crippen molar-refractivity contribution in [3.05, 3.63) is 82.3 Å². The standard InChI is InChI=1S/C28H32BrN3O6S/c1-19-9-11-23(12-10-19)32(39(35,36)24-13-14-25(37-4)26(16-24)38-5)18-27(33)31(20(2)28(34)30-3)17-21-7-6-8-22(29)15-21/h6-16,20H,17-18H2,1-5H3,(H,30,34). The van der Waals surface area contributed by atoms with Gasteiger partial charge in [-0.05, 0) is 55.8 Å². The number of nitrogens with zero attached hydrogens (tertiary/aromatic N) is 2. The lowest BCUT2D eigenvalue weighted by molar-refractivity contribution is -0.139. The second-order valence-corrected chi connectivity index (χ2v) is 11.6. The average molecular weight is 619 g/mol. The number of benzene rings is 3. The van der Waals surface area contributed by atoms with Gasteiger partial charge in [-0.15, -0.1) is 0 Å². The molecule has 9 nitrogen and oxygen atoms in total. The summed E-state index contributed by atoms with van der Waals surface area (Å²) in [5, 5.41) is 2.57. The summed E-state index contributed by atoms with van der Waals surface area (Å²) in [6.07, 6.45) is 0. The van der Waals surface area contributed by atoms with Gasteiger partial charge in [-0.3, -0.25) is 13.9 Å². The molecule has 3 rings (SSSR count). The van der Waals surface area contributed by atoms with E-state index >= 15 is 0 Å². The molecule has 0 saturated heterocycles. The summed E-state index contributed by atoms with van der Waals surface area (Å²) in [6, 6.07) is 17.6. The van der Waals surface area contributed by atoms with Crippen molar-refractivity contribution in [3.8, 4) is 11.5 Å². The van der Waals surface area contributed by atoms with Crippen LogP contribution in [-0.2, 0) is 26.2 Å². The van der Waals surface area contributed by atoms with Crippen LogP contribution in [0.4, 0.5) is 5.69 Å². The molecular formula is C28H32BrN3O6S. The number of amides is 2. The highest BCUT2D eigenvalue weighted by molar-refractivity contribution is 9.10. The monoisotopic (exact) mass is 617 g/mol. The Balaban J connectivity index is 2.07. The van der Waals surface area contributed by atoms with E-state index in [-0.39, 0.29) is 23.1 Å². The number of aryl methyl sites for hydroxylation is 1. The third-order valence-corrected chi connectivity index (χ3v) is 8.46. The maximum Gasteiger partial charge on any atom is 0.264 e. The number of methoxy groups -OCH3 is 2. The smallest absolute Gasteiger partial charge is 0.264 e. The topological polar surface area (TPSA) is 105 Å². The van der Waals surface area contributed by atoms with E-state index in [0.717, 1.165) is 19.9 Å². The van der Waals surface area contributed by atoms with Crippen LogP contribution in [0.15, 0.2) is 76.1 Å². The van der Waals surface area contributed by atoms with Gasteiger partial charge in [0.15, 0.2) is 11.5 Å². The fourth-order valence-electron chi connectivity index (χ4n) is 3.97. The largest absolute Gasteiger partial charge is 0.493 e. The molecule has 0 aromatic heterocycles. The molecule has 11 heteroatoms. The van der Waals surface area contributed by atoms with Gasteiger partial charge in [-0.2, -0.15) is 0 Å². The van der Waals surface area contributed by atoms with Crippen molar-refractivity contribution < 1.29 is 27.5 Å². The van der Waals surface area contributed by atoms with E-state index in [0.29, 0.717) is 11.4 Å². The second kappa shape index (κ2) is 13.0. The molecule has 208 valence electrons. The molecule has 0 saturated carbocycles. The number of rotatable bonds is 11. The molecule has 3 aromatic carbocycles. The summed E-state index contributed by atoms with van der Waals surface area (Å²) in [6.45, 7) is 3.06. The second-order valence-electron chi connectivity index (χ2n) is 8.81. The highest BCUT2D eigenvalue weighted by Crippen LogP contribution is 2.32. The highest BCUT2D eigenvalue weighted by Gasteiger charge is 2.32. The molecule has 0 radical (unpaired) electrons. The Morgan fingerprint density at radius 3 is 2.23 bits per heavy atom. The Bertz CT molecular complexity index is 1430. The fraction of sp³-hybridized carbons (Fsp3) is 0.286. The molecule has 1 atom stereocenters. The summed E-state index contributed by atoms with van der Waals surface area (Å²) < 4.78 is 40.4. The first-order chi connectivity index (χ1) is 18.5. The average Bonchev–Trinajstić information content (AvgIpc) is 2.93. The van der Waals surface area contributed by atoms with E-state index in [2.05, 4.69) is 21.2 Å². The van der Waals surface area contributed by atoms with Gasteiger partial charge in [0.25, 0.3) is 10.0 Å². The molecule has 0 fully saturated rings. The Kier molecular flexibility index (Phi) is 9.98. The molecule has 0 bridgehead atoms. The number of carbonyl (C=O) groups is 2. The molecule has 1 N–H and O–H groups in total. The lowest BCUT2D eigenvalue weighted by Gasteiger charge is -2.32. The van der Waals surface area contributed by atoms with Gasteiger partial charge in [-0.25, -0.2) is 8.42 Å². The van der Waals surface area contributed by atoms with Crippen LogP contribution < -0.4 is 19.1 Å². The van der Waals surface area contributed by atoms with Crippen molar-refractivity contribution in [2.45, 2.75) is 31.3 Å². The Morgan fingerprint density at radius 1 is 0.974 bits per heavy atom. The van der Waals surface area contributed by atoms with E-state index in [1.165, 1.54) is 44.4 Å². The molecular weight excluding hydrogens is 586 g/mol. The van der Waals surface area contributed by atoms with Crippen molar-refractivity contribution in [3.63, 3.8) is 0 Å². The third kappa shape index (κ3) is 7.10. The minimum Gasteiger partial charge on any atom is -0.493 e. The van der Waals surface area contributed by atoms with Crippen LogP contribution in [0.25, 0.3) is 0 Å². The van der Waals surface area contributed by atoms with E-state index in [9.17, 15) is 18.0 Å². The van der Waals surface area contributed by atoms with E-state index in [4.69, 9.17) is 9.47 Å². The van der Waals surface area contributed by atoms with Gasteiger partial charge in [-0.1, -0.05) is 45.8 Å². The SMILES string of the molecule is CNC(=O)C(C)N(Cc1cccc(Br)c1)C(=O)CN(c1ccc(C)cc1)S(=O)(=O)c1ccc(OC)c(OC)c1. The molecule has 0 heterocycles. The van der Waals surface area contributed by atoms with Crippen LogP contribution in [0.3, 0.4) is 0 Å². The summed E-state index contributed by atoms with van der Waals surface area (Å²) in [5.74, 6) is -0.314. The van der Waals surface area contributed by atoms with Crippen molar-refractivity contribution in [2.24, 2.45) is 0 Å². The van der Waals surface area contributed by atoms with Crippen LogP contribution in [0.5, 0.6) is 11.5 Å². The highest BCUT2D eigenvalue weighted by atomic mass is 79.9. The predicted octanol–water partition coefficient (Wildman–Crippen LogP) is 4.13. The van der Waals surface area contributed by atoms with Gasteiger partial charge in [0.1, 0.15) is 12.6 Å². The van der Waals surface area contributed by atoms with Gasteiger partial charge < -0.3 is 19.7 Å². The first-order valence-electron chi connectivity index (χ1n) is 12.1. The maximum absolute atomic E-state index is 14.0. The van der Waals surface area contributed by atoms with Crippen LogP contribution in [0, 0.1) is 6.92 Å². The number of anilines is 1. The molecule has 39 heavy (non-hydrogen) atoms. The first-order valence-corrected chi connectivity index (χ1v) is 14.3. The number of sulfonamides is 1. The van der Waals surface area contributed by atoms with E-state index in [1.807, 2.05) is 31.2 Å². The first kappa shape index (κ1) is 30.0. The van der Waals surface area contributed by atoms with Crippen molar-refractivity contribution in [1.29, 1.82) is 0 Å². The minimum absolute atomic E-state index is 0.0774. The Morgan fingerprint density at radius 2 is 1.64 bits per heavy atom. The number of carbonyl (C=O) groups excluding carboxylic acids is 2. The Hall–Kier alpha value is -3.57. The zero-order valence-corrected chi connectivity index (χ0v) is 24.9. The molecule has 2 amide bonds. The summed E-state index contributed by atoms with van der Waals surface area (Å²) >= 11 is 3.43. The van der Waals surface area contributed by atoms with Crippen LogP contribution in [0.2, 0.25) is 0 Å². The number of nitrogens with one attached hydrogen (secondary N) is 1. The van der Waals surface area contributed by atoms with Gasteiger partial charge in [0, 0.05) is 24.1 Å². The summed E-state index contributed by atoms with van der Waals surface area (Å²) in [4.78, 5) is 27.7. The van der Waals surface area contributed by atoms with Crippen molar-refractivity contribution in [2.75, 3.05) is 32.1 Å². The van der Waals surface area contributed by atoms with Gasteiger partial charge in [0.05, 0.1) is 24.8 Å². The molecule has 0 aliphatic carbocycles. The lowest BCUT2D eigenvalue weighted by atomic mass is 10.1. The van der Waals surface area contributed by atoms with E-state index < -0.39 is 28.5 Å².